The SMILES string of the molecule is N#Cc1cc(C(O)CN)c(F)cc1F. The maximum Gasteiger partial charge on any atom is 0.143 e. The summed E-state index contributed by atoms with van der Waals surface area (Å²) in [7, 11) is 0. The maximum atomic E-state index is 13.0. The van der Waals surface area contributed by atoms with Gasteiger partial charge in [0, 0.05) is 18.2 Å². The topological polar surface area (TPSA) is 70.0 Å². The van der Waals surface area contributed by atoms with Crippen molar-refractivity contribution < 1.29 is 13.9 Å². The molecule has 3 N–H and O–H groups in total. The third kappa shape index (κ3) is 1.87. The quantitative estimate of drug-likeness (QED) is 0.739. The Morgan fingerprint density at radius 1 is 1.43 bits per heavy atom. The van der Waals surface area contributed by atoms with Crippen LogP contribution in [0, 0.1) is 23.0 Å². The van der Waals surface area contributed by atoms with Crippen molar-refractivity contribution in [3.8, 4) is 6.07 Å². The summed E-state index contributed by atoms with van der Waals surface area (Å²) in [5.41, 5.74) is 4.64. The van der Waals surface area contributed by atoms with E-state index in [2.05, 4.69) is 0 Å². The molecule has 5 heteroatoms. The Hall–Kier alpha value is -1.51. The molecule has 0 saturated heterocycles. The van der Waals surface area contributed by atoms with Crippen LogP contribution < -0.4 is 5.73 Å². The number of nitriles is 1. The van der Waals surface area contributed by atoms with E-state index in [1.54, 1.807) is 6.07 Å². The van der Waals surface area contributed by atoms with E-state index in [0.29, 0.717) is 6.07 Å². The van der Waals surface area contributed by atoms with Gasteiger partial charge in [0.05, 0.1) is 11.7 Å². The first-order chi connectivity index (χ1) is 6.60. The Balaban J connectivity index is 3.26. The lowest BCUT2D eigenvalue weighted by Gasteiger charge is -2.09. The lowest BCUT2D eigenvalue weighted by molar-refractivity contribution is 0.181. The molecule has 0 radical (unpaired) electrons. The van der Waals surface area contributed by atoms with E-state index < -0.39 is 17.7 Å². The van der Waals surface area contributed by atoms with Crippen molar-refractivity contribution in [2.45, 2.75) is 6.10 Å². The average Bonchev–Trinajstić information content (AvgIpc) is 2.17. The highest BCUT2D eigenvalue weighted by Crippen LogP contribution is 2.19. The third-order valence-corrected chi connectivity index (χ3v) is 1.79. The van der Waals surface area contributed by atoms with Crippen LogP contribution in [-0.2, 0) is 0 Å². The molecule has 3 nitrogen and oxygen atoms in total. The number of rotatable bonds is 2. The number of nitrogens with two attached hydrogens (primary N) is 1. The number of hydrogen-bond donors (Lipinski definition) is 2. The summed E-state index contributed by atoms with van der Waals surface area (Å²) < 4.78 is 25.9. The molecule has 1 atom stereocenters. The van der Waals surface area contributed by atoms with Gasteiger partial charge in [0.15, 0.2) is 0 Å². The van der Waals surface area contributed by atoms with E-state index in [1.165, 1.54) is 0 Å². The van der Waals surface area contributed by atoms with E-state index in [4.69, 9.17) is 11.0 Å². The third-order valence-electron chi connectivity index (χ3n) is 1.79. The van der Waals surface area contributed by atoms with Crippen molar-refractivity contribution in [1.29, 1.82) is 5.26 Å². The summed E-state index contributed by atoms with van der Waals surface area (Å²) in [5, 5.41) is 17.7. The number of aliphatic hydroxyl groups is 1. The van der Waals surface area contributed by atoms with Crippen LogP contribution in [0.15, 0.2) is 12.1 Å². The lowest BCUT2D eigenvalue weighted by atomic mass is 10.1. The van der Waals surface area contributed by atoms with Crippen molar-refractivity contribution >= 4 is 0 Å². The molecule has 74 valence electrons. The van der Waals surface area contributed by atoms with Gasteiger partial charge in [-0.25, -0.2) is 8.78 Å². The fraction of sp³-hybridized carbons (Fsp3) is 0.222. The Morgan fingerprint density at radius 2 is 2.07 bits per heavy atom. The Kier molecular flexibility index (Phi) is 3.12. The van der Waals surface area contributed by atoms with Crippen molar-refractivity contribution in [2.75, 3.05) is 6.54 Å². The first kappa shape index (κ1) is 10.6. The average molecular weight is 198 g/mol. The molecule has 0 spiro atoms. The Labute approximate surface area is 79.4 Å². The van der Waals surface area contributed by atoms with Gasteiger partial charge in [-0.15, -0.1) is 0 Å². The second-order valence-corrected chi connectivity index (χ2v) is 2.72. The zero-order chi connectivity index (χ0) is 10.7. The van der Waals surface area contributed by atoms with Crippen molar-refractivity contribution in [2.24, 2.45) is 5.73 Å². The largest absolute Gasteiger partial charge is 0.387 e. The van der Waals surface area contributed by atoms with Crippen molar-refractivity contribution in [1.82, 2.24) is 0 Å². The molecule has 0 aliphatic heterocycles. The fourth-order valence-electron chi connectivity index (χ4n) is 1.03. The zero-order valence-corrected chi connectivity index (χ0v) is 7.17. The molecule has 0 aromatic heterocycles. The van der Waals surface area contributed by atoms with E-state index in [0.717, 1.165) is 6.07 Å². The molecule has 1 rings (SSSR count). The molecule has 0 heterocycles. The molecule has 0 aliphatic carbocycles. The molecule has 14 heavy (non-hydrogen) atoms. The smallest absolute Gasteiger partial charge is 0.143 e. The van der Waals surface area contributed by atoms with Gasteiger partial charge < -0.3 is 10.8 Å². The Bertz CT molecular complexity index is 387. The number of nitrogens with zero attached hydrogens (tertiary/aromatic N) is 1. The van der Waals surface area contributed by atoms with Gasteiger partial charge in [-0.3, -0.25) is 0 Å². The summed E-state index contributed by atoms with van der Waals surface area (Å²) in [6.07, 6.45) is -1.22. The summed E-state index contributed by atoms with van der Waals surface area (Å²) in [4.78, 5) is 0. The molecular weight excluding hydrogens is 190 g/mol. The van der Waals surface area contributed by atoms with Crippen LogP contribution >= 0.6 is 0 Å². The number of aliphatic hydroxyl groups excluding tert-OH is 1. The molecule has 0 saturated carbocycles. The Morgan fingerprint density at radius 3 is 2.57 bits per heavy atom. The number of halogens is 2. The first-order valence-electron chi connectivity index (χ1n) is 3.87. The van der Waals surface area contributed by atoms with E-state index >= 15 is 0 Å². The number of hydrogen-bond acceptors (Lipinski definition) is 3. The highest BCUT2D eigenvalue weighted by Gasteiger charge is 2.15. The van der Waals surface area contributed by atoms with E-state index in [-0.39, 0.29) is 17.7 Å². The lowest BCUT2D eigenvalue weighted by Crippen LogP contribution is -2.13. The van der Waals surface area contributed by atoms with Gasteiger partial charge in [0.1, 0.15) is 17.7 Å². The summed E-state index contributed by atoms with van der Waals surface area (Å²) >= 11 is 0. The second kappa shape index (κ2) is 4.13. The molecular formula is C9H8F2N2O. The minimum absolute atomic E-state index is 0.162. The van der Waals surface area contributed by atoms with E-state index in [1.807, 2.05) is 0 Å². The summed E-state index contributed by atoms with van der Waals surface area (Å²) in [5.74, 6) is -1.85. The number of benzene rings is 1. The molecule has 0 fully saturated rings. The van der Waals surface area contributed by atoms with Crippen molar-refractivity contribution in [3.05, 3.63) is 34.9 Å². The fourth-order valence-corrected chi connectivity index (χ4v) is 1.03. The van der Waals surface area contributed by atoms with Crippen LogP contribution in [0.3, 0.4) is 0 Å². The minimum Gasteiger partial charge on any atom is -0.387 e. The standard InChI is InChI=1S/C9H8F2N2O/c10-7-2-8(11)6(9(14)4-13)1-5(7)3-12/h1-2,9,14H,4,13H2. The molecule has 0 bridgehead atoms. The molecule has 1 aromatic rings. The van der Waals surface area contributed by atoms with Gasteiger partial charge in [0.2, 0.25) is 0 Å². The molecule has 0 amide bonds. The predicted octanol–water partition coefficient (Wildman–Crippen LogP) is 0.829. The summed E-state index contributed by atoms with van der Waals surface area (Å²) in [6.45, 7) is -0.187. The normalized spacial score (nSPS) is 12.2. The summed E-state index contributed by atoms with van der Waals surface area (Å²) in [6, 6.07) is 3.07. The van der Waals surface area contributed by atoms with Crippen LogP contribution in [0.25, 0.3) is 0 Å². The predicted molar refractivity (Wildman–Crippen MR) is 45.1 cm³/mol. The monoisotopic (exact) mass is 198 g/mol. The van der Waals surface area contributed by atoms with Gasteiger partial charge in [0.25, 0.3) is 0 Å². The first-order valence-corrected chi connectivity index (χ1v) is 3.87. The zero-order valence-electron chi connectivity index (χ0n) is 7.17. The van der Waals surface area contributed by atoms with Crippen LogP contribution in [0.1, 0.15) is 17.2 Å². The van der Waals surface area contributed by atoms with Crippen LogP contribution in [0.5, 0.6) is 0 Å². The molecule has 0 aliphatic rings. The van der Waals surface area contributed by atoms with Gasteiger partial charge in [-0.05, 0) is 6.07 Å². The molecule has 1 unspecified atom stereocenters. The van der Waals surface area contributed by atoms with Crippen LogP contribution in [0.2, 0.25) is 0 Å². The highest BCUT2D eigenvalue weighted by molar-refractivity contribution is 5.36. The van der Waals surface area contributed by atoms with E-state index in [9.17, 15) is 13.9 Å². The maximum absolute atomic E-state index is 13.0. The van der Waals surface area contributed by atoms with Crippen molar-refractivity contribution in [3.63, 3.8) is 0 Å². The van der Waals surface area contributed by atoms with Gasteiger partial charge in [-0.2, -0.15) is 5.26 Å². The highest BCUT2D eigenvalue weighted by atomic mass is 19.1. The van der Waals surface area contributed by atoms with Gasteiger partial charge in [-0.1, -0.05) is 0 Å². The molecule has 1 aromatic carbocycles. The van der Waals surface area contributed by atoms with Crippen LogP contribution in [0.4, 0.5) is 8.78 Å². The minimum atomic E-state index is -1.22. The van der Waals surface area contributed by atoms with Gasteiger partial charge >= 0.3 is 0 Å². The second-order valence-electron chi connectivity index (χ2n) is 2.72. The van der Waals surface area contributed by atoms with Crippen LogP contribution in [-0.4, -0.2) is 11.7 Å².